The first-order valence-electron chi connectivity index (χ1n) is 8.78. The zero-order valence-corrected chi connectivity index (χ0v) is 16.5. The first-order valence-corrected chi connectivity index (χ1v) is 9.57. The molecule has 1 atom stereocenters. The number of rotatable bonds is 7. The lowest BCUT2D eigenvalue weighted by Crippen LogP contribution is -2.42. The molecular formula is C20H24BrFN2O2. The van der Waals surface area contributed by atoms with Crippen LogP contribution in [-0.4, -0.2) is 44.9 Å². The van der Waals surface area contributed by atoms with Gasteiger partial charge in [0, 0.05) is 32.2 Å². The topological polar surface area (TPSA) is 33.7 Å². The van der Waals surface area contributed by atoms with Crippen LogP contribution in [0.5, 0.6) is 5.75 Å². The fourth-order valence-corrected chi connectivity index (χ4v) is 3.79. The molecule has 0 aliphatic carbocycles. The van der Waals surface area contributed by atoms with Gasteiger partial charge in [0.05, 0.1) is 24.8 Å². The normalized spacial score (nSPS) is 16.4. The molecule has 1 N–H and O–H groups in total. The third-order valence-corrected chi connectivity index (χ3v) is 5.24. The molecule has 0 bridgehead atoms. The number of hydrogen-bond donors (Lipinski definition) is 1. The zero-order valence-electron chi connectivity index (χ0n) is 14.9. The third kappa shape index (κ3) is 5.04. The molecule has 0 unspecified atom stereocenters. The molecule has 0 aromatic heterocycles. The smallest absolute Gasteiger partial charge is 0.133 e. The van der Waals surface area contributed by atoms with Gasteiger partial charge in [-0.05, 0) is 51.3 Å². The van der Waals surface area contributed by atoms with Crippen molar-refractivity contribution in [2.24, 2.45) is 0 Å². The minimum Gasteiger partial charge on any atom is -0.496 e. The van der Waals surface area contributed by atoms with Gasteiger partial charge in [-0.15, -0.1) is 0 Å². The van der Waals surface area contributed by atoms with E-state index in [-0.39, 0.29) is 11.9 Å². The van der Waals surface area contributed by atoms with E-state index in [0.717, 1.165) is 55.2 Å². The van der Waals surface area contributed by atoms with Gasteiger partial charge in [-0.1, -0.05) is 18.2 Å². The van der Waals surface area contributed by atoms with Crippen LogP contribution < -0.4 is 10.1 Å². The molecule has 0 radical (unpaired) electrons. The predicted molar refractivity (Wildman–Crippen MR) is 104 cm³/mol. The summed E-state index contributed by atoms with van der Waals surface area (Å²) in [6, 6.07) is 13.1. The van der Waals surface area contributed by atoms with Crippen molar-refractivity contribution in [3.8, 4) is 5.75 Å². The Hall–Kier alpha value is -1.47. The average Bonchev–Trinajstić information content (AvgIpc) is 2.67. The van der Waals surface area contributed by atoms with Crippen LogP contribution in [0.4, 0.5) is 4.39 Å². The number of nitrogens with zero attached hydrogens (tertiary/aromatic N) is 1. The van der Waals surface area contributed by atoms with Gasteiger partial charge < -0.3 is 14.8 Å². The van der Waals surface area contributed by atoms with Crippen LogP contribution in [0.3, 0.4) is 0 Å². The lowest BCUT2D eigenvalue weighted by Gasteiger charge is -2.35. The molecule has 140 valence electrons. The number of halogens is 2. The van der Waals surface area contributed by atoms with E-state index in [1.165, 1.54) is 17.7 Å². The fourth-order valence-electron chi connectivity index (χ4n) is 3.20. The number of hydrogen-bond acceptors (Lipinski definition) is 4. The monoisotopic (exact) mass is 422 g/mol. The summed E-state index contributed by atoms with van der Waals surface area (Å²) in [4.78, 5) is 2.40. The van der Waals surface area contributed by atoms with Gasteiger partial charge in [0.15, 0.2) is 0 Å². The molecule has 0 amide bonds. The van der Waals surface area contributed by atoms with Gasteiger partial charge >= 0.3 is 0 Å². The number of methoxy groups -OCH3 is 1. The van der Waals surface area contributed by atoms with Gasteiger partial charge in [-0.25, -0.2) is 4.39 Å². The maximum atomic E-state index is 13.3. The maximum absolute atomic E-state index is 13.3. The van der Waals surface area contributed by atoms with Gasteiger partial charge in [0.1, 0.15) is 11.6 Å². The Kier molecular flexibility index (Phi) is 7.02. The van der Waals surface area contributed by atoms with Crippen LogP contribution in [-0.2, 0) is 11.3 Å². The van der Waals surface area contributed by atoms with Crippen molar-refractivity contribution in [3.05, 3.63) is 63.9 Å². The van der Waals surface area contributed by atoms with Gasteiger partial charge in [-0.3, -0.25) is 4.90 Å². The van der Waals surface area contributed by atoms with Crippen LogP contribution in [0.2, 0.25) is 0 Å². The molecule has 6 heteroatoms. The molecule has 3 rings (SSSR count). The van der Waals surface area contributed by atoms with Crippen molar-refractivity contribution >= 4 is 15.9 Å². The van der Waals surface area contributed by atoms with E-state index >= 15 is 0 Å². The Morgan fingerprint density at radius 2 is 1.92 bits per heavy atom. The first kappa shape index (κ1) is 19.3. The first-order chi connectivity index (χ1) is 12.7. The molecule has 4 nitrogen and oxygen atoms in total. The van der Waals surface area contributed by atoms with Crippen molar-refractivity contribution in [3.63, 3.8) is 0 Å². The van der Waals surface area contributed by atoms with E-state index in [0.29, 0.717) is 0 Å². The molecule has 2 aromatic rings. The van der Waals surface area contributed by atoms with Crippen LogP contribution >= 0.6 is 15.9 Å². The summed E-state index contributed by atoms with van der Waals surface area (Å²) in [7, 11) is 1.66. The van der Waals surface area contributed by atoms with Crippen LogP contribution in [0.1, 0.15) is 17.2 Å². The summed E-state index contributed by atoms with van der Waals surface area (Å²) < 4.78 is 25.0. The van der Waals surface area contributed by atoms with E-state index in [9.17, 15) is 4.39 Å². The third-order valence-electron chi connectivity index (χ3n) is 4.62. The highest BCUT2D eigenvalue weighted by atomic mass is 79.9. The summed E-state index contributed by atoms with van der Waals surface area (Å²) >= 11 is 3.52. The van der Waals surface area contributed by atoms with Crippen LogP contribution in [0.15, 0.2) is 46.9 Å². The largest absolute Gasteiger partial charge is 0.496 e. The Bertz CT molecular complexity index is 705. The Labute approximate surface area is 162 Å². The lowest BCUT2D eigenvalue weighted by molar-refractivity contribution is 0.0161. The standard InChI is InChI=1S/C20H24BrFN2O2/c1-25-20-7-2-15(12-18(20)21)13-23-14-19(24-8-10-26-11-9-24)16-3-5-17(22)6-4-16/h2-7,12,19,23H,8-11,13-14H2,1H3/t19-/m1/s1. The second-order valence-electron chi connectivity index (χ2n) is 6.32. The van der Waals surface area contributed by atoms with E-state index in [4.69, 9.17) is 9.47 Å². The maximum Gasteiger partial charge on any atom is 0.133 e. The van der Waals surface area contributed by atoms with E-state index in [1.807, 2.05) is 18.2 Å². The molecule has 1 aliphatic rings. The summed E-state index contributed by atoms with van der Waals surface area (Å²) in [6.45, 7) is 4.79. The summed E-state index contributed by atoms with van der Waals surface area (Å²) in [5.41, 5.74) is 2.30. The van der Waals surface area contributed by atoms with Crippen molar-refractivity contribution in [2.45, 2.75) is 12.6 Å². The van der Waals surface area contributed by atoms with Crippen molar-refractivity contribution in [1.82, 2.24) is 10.2 Å². The SMILES string of the molecule is COc1ccc(CNC[C@H](c2ccc(F)cc2)N2CCOCC2)cc1Br. The van der Waals surface area contributed by atoms with Crippen LogP contribution in [0.25, 0.3) is 0 Å². The molecule has 0 spiro atoms. The molecule has 1 saturated heterocycles. The quantitative estimate of drug-likeness (QED) is 0.736. The lowest BCUT2D eigenvalue weighted by atomic mass is 10.0. The molecule has 1 heterocycles. The summed E-state index contributed by atoms with van der Waals surface area (Å²) in [6.07, 6.45) is 0. The number of ether oxygens (including phenoxy) is 2. The minimum atomic E-state index is -0.203. The van der Waals surface area contributed by atoms with E-state index in [1.54, 1.807) is 7.11 Å². The Morgan fingerprint density at radius 3 is 2.58 bits per heavy atom. The number of morpholine rings is 1. The number of nitrogens with one attached hydrogen (secondary N) is 1. The molecule has 2 aromatic carbocycles. The highest BCUT2D eigenvalue weighted by Crippen LogP contribution is 2.26. The van der Waals surface area contributed by atoms with Gasteiger partial charge in [0.25, 0.3) is 0 Å². The zero-order chi connectivity index (χ0) is 18.4. The van der Waals surface area contributed by atoms with Crippen molar-refractivity contribution in [1.29, 1.82) is 0 Å². The highest BCUT2D eigenvalue weighted by molar-refractivity contribution is 9.10. The molecular weight excluding hydrogens is 399 g/mol. The predicted octanol–water partition coefficient (Wildman–Crippen LogP) is 3.76. The van der Waals surface area contributed by atoms with Gasteiger partial charge in [0.2, 0.25) is 0 Å². The second-order valence-corrected chi connectivity index (χ2v) is 7.17. The van der Waals surface area contributed by atoms with Gasteiger partial charge in [-0.2, -0.15) is 0 Å². The summed E-state index contributed by atoms with van der Waals surface area (Å²) in [5.74, 6) is 0.622. The Balaban J connectivity index is 1.65. The molecule has 1 aliphatic heterocycles. The van der Waals surface area contributed by atoms with Crippen molar-refractivity contribution in [2.75, 3.05) is 40.0 Å². The van der Waals surface area contributed by atoms with E-state index in [2.05, 4.69) is 38.3 Å². The molecule has 26 heavy (non-hydrogen) atoms. The molecule has 0 saturated carbocycles. The van der Waals surface area contributed by atoms with E-state index < -0.39 is 0 Å². The average molecular weight is 423 g/mol. The highest BCUT2D eigenvalue weighted by Gasteiger charge is 2.22. The Morgan fingerprint density at radius 1 is 1.19 bits per heavy atom. The second kappa shape index (κ2) is 9.46. The fraction of sp³-hybridized carbons (Fsp3) is 0.400. The van der Waals surface area contributed by atoms with Crippen molar-refractivity contribution < 1.29 is 13.9 Å². The molecule has 1 fully saturated rings. The minimum absolute atomic E-state index is 0.196. The summed E-state index contributed by atoms with van der Waals surface area (Å²) in [5, 5.41) is 3.54. The number of benzene rings is 2. The van der Waals surface area contributed by atoms with Crippen LogP contribution in [0, 0.1) is 5.82 Å².